The fourth-order valence-electron chi connectivity index (χ4n) is 5.66. The molecule has 2 fully saturated rings. The van der Waals surface area contributed by atoms with Crippen LogP contribution in [-0.4, -0.2) is 78.2 Å². The molecule has 0 unspecified atom stereocenters. The first-order valence-corrected chi connectivity index (χ1v) is 16.8. The molecule has 0 aliphatic carbocycles. The van der Waals surface area contributed by atoms with Crippen LogP contribution in [0.3, 0.4) is 0 Å². The number of hydrogen-bond acceptors (Lipinski definition) is 12. The number of hydrogen-bond donors (Lipinski definition) is 4. The van der Waals surface area contributed by atoms with Crippen LogP contribution >= 0.6 is 22.7 Å². The first-order valence-electron chi connectivity index (χ1n) is 15.2. The number of fused-ring (bicyclic) bond motifs is 2. The summed E-state index contributed by atoms with van der Waals surface area (Å²) in [5.41, 5.74) is 4.02. The van der Waals surface area contributed by atoms with E-state index < -0.39 is 0 Å². The van der Waals surface area contributed by atoms with E-state index in [-0.39, 0.29) is 23.7 Å². The van der Waals surface area contributed by atoms with Gasteiger partial charge >= 0.3 is 0 Å². The lowest BCUT2D eigenvalue weighted by Crippen LogP contribution is -2.25. The van der Waals surface area contributed by atoms with E-state index in [0.29, 0.717) is 49.3 Å². The van der Waals surface area contributed by atoms with Crippen LogP contribution in [0.5, 0.6) is 0 Å². The van der Waals surface area contributed by atoms with E-state index in [1.807, 2.05) is 36.4 Å². The van der Waals surface area contributed by atoms with Crippen LogP contribution in [0.2, 0.25) is 0 Å². The monoisotopic (exact) mass is 676 g/mol. The summed E-state index contributed by atoms with van der Waals surface area (Å²) in [6, 6.07) is 12.1. The largest absolute Gasteiger partial charge is 0.310 e. The number of aromatic amines is 2. The third-order valence-corrected chi connectivity index (χ3v) is 10.2. The van der Waals surface area contributed by atoms with E-state index in [2.05, 4.69) is 53.4 Å². The van der Waals surface area contributed by atoms with Crippen molar-refractivity contribution in [1.29, 1.82) is 10.5 Å². The lowest BCUT2D eigenvalue weighted by atomic mass is 10.1. The van der Waals surface area contributed by atoms with Crippen molar-refractivity contribution in [3.05, 3.63) is 61.2 Å². The molecule has 4 N–H and O–H groups in total. The van der Waals surface area contributed by atoms with E-state index >= 15 is 0 Å². The van der Waals surface area contributed by atoms with Crippen LogP contribution in [0.25, 0.3) is 42.7 Å². The molecule has 2 atom stereocenters. The Morgan fingerprint density at radius 2 is 1.27 bits per heavy atom. The third kappa shape index (κ3) is 6.66. The maximum absolute atomic E-state index is 12.3. The molecule has 0 spiro atoms. The summed E-state index contributed by atoms with van der Waals surface area (Å²) in [4.78, 5) is 38.3. The maximum atomic E-state index is 12.3. The van der Waals surface area contributed by atoms with Crippen molar-refractivity contribution >= 4 is 66.6 Å². The highest BCUT2D eigenvalue weighted by Crippen LogP contribution is 2.32. The molecular weight excluding hydrogens is 649 g/mol. The zero-order valence-corrected chi connectivity index (χ0v) is 27.0. The number of amides is 2. The molecule has 4 aromatic heterocycles. The molecule has 0 saturated carbocycles. The molecule has 6 heterocycles. The molecule has 2 aromatic carbocycles. The summed E-state index contributed by atoms with van der Waals surface area (Å²) in [5.74, 6) is -0.450. The predicted molar refractivity (Wildman–Crippen MR) is 182 cm³/mol. The van der Waals surface area contributed by atoms with Gasteiger partial charge < -0.3 is 20.4 Å². The molecular formula is C32H28N12O2S2. The number of thiazole rings is 2. The summed E-state index contributed by atoms with van der Waals surface area (Å²) >= 11 is 2.87. The molecule has 0 bridgehead atoms. The SMILES string of the molecule is N#CN1CC[C@H](C(=O)Nc2ncc(-c3ccc4[nH]ncc4c3)s2)C1.N#CN1CC[C@H](C(=O)Nc2ncc(-c3ccc4cn[nH]c4c3)s2)C1. The van der Waals surface area contributed by atoms with E-state index in [4.69, 9.17) is 10.5 Å². The summed E-state index contributed by atoms with van der Waals surface area (Å²) in [5, 5.41) is 40.6. The van der Waals surface area contributed by atoms with Gasteiger partial charge in [-0.3, -0.25) is 19.8 Å². The first-order chi connectivity index (χ1) is 23.4. The van der Waals surface area contributed by atoms with E-state index in [9.17, 15) is 9.59 Å². The Morgan fingerprint density at radius 1 is 0.729 bits per heavy atom. The summed E-state index contributed by atoms with van der Waals surface area (Å²) < 4.78 is 0. The highest BCUT2D eigenvalue weighted by Gasteiger charge is 2.29. The van der Waals surface area contributed by atoms with E-state index in [1.165, 1.54) is 22.7 Å². The van der Waals surface area contributed by atoms with Gasteiger partial charge in [-0.1, -0.05) is 40.9 Å². The number of anilines is 2. The van der Waals surface area contributed by atoms with Gasteiger partial charge in [-0.05, 0) is 42.2 Å². The second-order valence-corrected chi connectivity index (χ2v) is 13.5. The highest BCUT2D eigenvalue weighted by atomic mass is 32.1. The highest BCUT2D eigenvalue weighted by molar-refractivity contribution is 7.19. The smallest absolute Gasteiger partial charge is 0.231 e. The third-order valence-electron chi connectivity index (χ3n) is 8.32. The number of H-pyrrole nitrogens is 2. The second-order valence-electron chi connectivity index (χ2n) is 11.4. The van der Waals surface area contributed by atoms with Gasteiger partial charge in [0.2, 0.25) is 11.8 Å². The molecule has 0 radical (unpaired) electrons. The molecule has 48 heavy (non-hydrogen) atoms. The van der Waals surface area contributed by atoms with Crippen molar-refractivity contribution in [1.82, 2.24) is 40.2 Å². The fourth-order valence-corrected chi connectivity index (χ4v) is 7.29. The van der Waals surface area contributed by atoms with Gasteiger partial charge in [0, 0.05) is 49.3 Å². The van der Waals surface area contributed by atoms with Gasteiger partial charge in [0.25, 0.3) is 0 Å². The lowest BCUT2D eigenvalue weighted by molar-refractivity contribution is -0.120. The van der Waals surface area contributed by atoms with Crippen molar-refractivity contribution in [2.75, 3.05) is 36.8 Å². The zero-order valence-electron chi connectivity index (χ0n) is 25.4. The summed E-state index contributed by atoms with van der Waals surface area (Å²) in [6.45, 7) is 2.25. The number of nitrogens with one attached hydrogen (secondary N) is 4. The molecule has 240 valence electrons. The average molecular weight is 677 g/mol. The van der Waals surface area contributed by atoms with Gasteiger partial charge in [-0.2, -0.15) is 20.7 Å². The van der Waals surface area contributed by atoms with Crippen molar-refractivity contribution in [3.8, 4) is 33.3 Å². The Labute approximate surface area is 282 Å². The number of carbonyl (C=O) groups excluding carboxylic acids is 2. The number of benzene rings is 2. The Morgan fingerprint density at radius 3 is 1.85 bits per heavy atom. The Bertz CT molecular complexity index is 2030. The van der Waals surface area contributed by atoms with Gasteiger partial charge in [-0.15, -0.1) is 0 Å². The maximum Gasteiger partial charge on any atom is 0.231 e. The van der Waals surface area contributed by atoms with Gasteiger partial charge in [0.1, 0.15) is 0 Å². The van der Waals surface area contributed by atoms with Crippen LogP contribution in [0.1, 0.15) is 12.8 Å². The first kappa shape index (κ1) is 30.8. The van der Waals surface area contributed by atoms with E-state index in [1.54, 1.807) is 34.6 Å². The number of aromatic nitrogens is 6. The molecule has 2 aliphatic heterocycles. The van der Waals surface area contributed by atoms with Crippen molar-refractivity contribution in [3.63, 3.8) is 0 Å². The minimum Gasteiger partial charge on any atom is -0.310 e. The minimum absolute atomic E-state index is 0.0704. The Kier molecular flexibility index (Phi) is 8.65. The van der Waals surface area contributed by atoms with Crippen molar-refractivity contribution in [2.24, 2.45) is 11.8 Å². The topological polar surface area (TPSA) is 195 Å². The number of carbonyl (C=O) groups is 2. The summed E-state index contributed by atoms with van der Waals surface area (Å²) in [7, 11) is 0. The minimum atomic E-state index is -0.154. The molecule has 6 aromatic rings. The summed E-state index contributed by atoms with van der Waals surface area (Å²) in [6.07, 6.45) is 12.7. The van der Waals surface area contributed by atoms with Crippen LogP contribution in [-0.2, 0) is 9.59 Å². The molecule has 2 amide bonds. The Balaban J connectivity index is 0.000000152. The average Bonchev–Trinajstić information content (AvgIpc) is 3.95. The normalized spacial score (nSPS) is 17.1. The van der Waals surface area contributed by atoms with Crippen molar-refractivity contribution in [2.45, 2.75) is 12.8 Å². The lowest BCUT2D eigenvalue weighted by Gasteiger charge is -2.08. The van der Waals surface area contributed by atoms with Gasteiger partial charge in [0.15, 0.2) is 22.6 Å². The van der Waals surface area contributed by atoms with Gasteiger partial charge in [0.05, 0.1) is 45.0 Å². The predicted octanol–water partition coefficient (Wildman–Crippen LogP) is 4.86. The standard InChI is InChI=1S/2C16H14N6OS/c17-9-22-4-3-11(8-22)15(23)20-16-18-7-14(24-16)10-1-2-13-12(5-10)6-19-21-13;17-9-22-4-3-12(8-22)15(23)20-16-18-7-14(24-16)10-1-2-11-6-19-21-13(11)5-10/h1-2,5-7,11H,3-4,8H2,(H,19,21)(H,18,20,23);1-2,5-7,12H,3-4,8H2,(H,19,21)(H,18,20,23)/t11-;12-/m00/s1. The number of nitrogens with zero attached hydrogens (tertiary/aromatic N) is 8. The van der Waals surface area contributed by atoms with Gasteiger partial charge in [-0.25, -0.2) is 9.97 Å². The fraction of sp³-hybridized carbons (Fsp3) is 0.250. The van der Waals surface area contributed by atoms with Crippen LogP contribution in [0.4, 0.5) is 10.3 Å². The number of likely N-dealkylation sites (tertiary alicyclic amines) is 2. The van der Waals surface area contributed by atoms with Crippen LogP contribution in [0.15, 0.2) is 61.2 Å². The quantitative estimate of drug-likeness (QED) is 0.177. The number of rotatable bonds is 6. The van der Waals surface area contributed by atoms with E-state index in [0.717, 1.165) is 42.7 Å². The Hall–Kier alpha value is -5.84. The molecule has 2 aliphatic rings. The molecule has 14 nitrogen and oxygen atoms in total. The molecule has 2 saturated heterocycles. The van der Waals surface area contributed by atoms with Crippen molar-refractivity contribution < 1.29 is 9.59 Å². The zero-order chi connectivity index (χ0) is 33.0. The molecule has 16 heteroatoms. The molecule has 8 rings (SSSR count). The van der Waals surface area contributed by atoms with Crippen LogP contribution in [0, 0.1) is 34.7 Å². The number of nitriles is 2. The van der Waals surface area contributed by atoms with Crippen LogP contribution < -0.4 is 10.6 Å². The second kappa shape index (κ2) is 13.5.